The number of hydrogen-bond acceptors (Lipinski definition) is 4. The molecule has 0 aliphatic rings. The van der Waals surface area contributed by atoms with Crippen molar-refractivity contribution in [1.29, 1.82) is 0 Å². The van der Waals surface area contributed by atoms with Crippen molar-refractivity contribution in [2.75, 3.05) is 27.3 Å². The van der Waals surface area contributed by atoms with Crippen molar-refractivity contribution in [2.45, 2.75) is 12.5 Å². The summed E-state index contributed by atoms with van der Waals surface area (Å²) in [7, 11) is 3.22. The van der Waals surface area contributed by atoms with Crippen LogP contribution in [0.15, 0.2) is 48.7 Å². The second-order valence-corrected chi connectivity index (χ2v) is 5.72. The SMILES string of the molecule is COC[C@@H](c1ccccn1)N(C)C(=O)CCNC(=O)c1ccccc1F. The number of hydrogen-bond donors (Lipinski definition) is 1. The summed E-state index contributed by atoms with van der Waals surface area (Å²) in [6, 6.07) is 10.9. The number of pyridine rings is 1. The number of benzene rings is 1. The van der Waals surface area contributed by atoms with E-state index in [0.717, 1.165) is 5.69 Å². The van der Waals surface area contributed by atoms with Crippen LogP contribution in [0, 0.1) is 5.82 Å². The molecule has 2 rings (SSSR count). The van der Waals surface area contributed by atoms with Gasteiger partial charge in [0.05, 0.1) is 23.9 Å². The molecule has 7 heteroatoms. The van der Waals surface area contributed by atoms with Crippen molar-refractivity contribution in [1.82, 2.24) is 15.2 Å². The summed E-state index contributed by atoms with van der Waals surface area (Å²) in [6.45, 7) is 0.416. The van der Waals surface area contributed by atoms with Gasteiger partial charge in [-0.05, 0) is 24.3 Å². The van der Waals surface area contributed by atoms with Crippen molar-refractivity contribution in [2.24, 2.45) is 0 Å². The number of halogens is 1. The Morgan fingerprint density at radius 1 is 1.23 bits per heavy atom. The van der Waals surface area contributed by atoms with Gasteiger partial charge in [-0.1, -0.05) is 18.2 Å². The molecule has 138 valence electrons. The Labute approximate surface area is 152 Å². The molecule has 1 aromatic heterocycles. The first-order valence-corrected chi connectivity index (χ1v) is 8.23. The smallest absolute Gasteiger partial charge is 0.254 e. The zero-order valence-corrected chi connectivity index (χ0v) is 14.8. The molecule has 26 heavy (non-hydrogen) atoms. The summed E-state index contributed by atoms with van der Waals surface area (Å²) >= 11 is 0. The second kappa shape index (κ2) is 9.62. The molecule has 0 saturated carbocycles. The van der Waals surface area contributed by atoms with Crippen LogP contribution in [0.3, 0.4) is 0 Å². The Balaban J connectivity index is 1.91. The van der Waals surface area contributed by atoms with Crippen molar-refractivity contribution < 1.29 is 18.7 Å². The van der Waals surface area contributed by atoms with Gasteiger partial charge in [0.2, 0.25) is 5.91 Å². The molecule has 0 bridgehead atoms. The normalized spacial score (nSPS) is 11.7. The number of rotatable bonds is 8. The molecular formula is C19H22FN3O3. The molecule has 0 unspecified atom stereocenters. The minimum absolute atomic E-state index is 0.0425. The van der Waals surface area contributed by atoms with Gasteiger partial charge in [-0.15, -0.1) is 0 Å². The number of aromatic nitrogens is 1. The molecule has 0 spiro atoms. The number of methoxy groups -OCH3 is 1. The number of carbonyl (C=O) groups excluding carboxylic acids is 2. The van der Waals surface area contributed by atoms with Crippen LogP contribution in [-0.4, -0.2) is 49.0 Å². The lowest BCUT2D eigenvalue weighted by molar-refractivity contribution is -0.133. The van der Waals surface area contributed by atoms with Gasteiger partial charge in [0.1, 0.15) is 5.82 Å². The molecule has 2 aromatic rings. The Morgan fingerprint density at radius 2 is 1.96 bits per heavy atom. The Bertz CT molecular complexity index is 740. The summed E-state index contributed by atoms with van der Waals surface area (Å²) in [5, 5.41) is 2.56. The van der Waals surface area contributed by atoms with Gasteiger partial charge in [-0.3, -0.25) is 14.6 Å². The van der Waals surface area contributed by atoms with E-state index in [1.807, 2.05) is 12.1 Å². The third kappa shape index (κ3) is 5.10. The fourth-order valence-corrected chi connectivity index (χ4v) is 2.50. The van der Waals surface area contributed by atoms with Crippen LogP contribution in [0.5, 0.6) is 0 Å². The summed E-state index contributed by atoms with van der Waals surface area (Å²) < 4.78 is 18.8. The van der Waals surface area contributed by atoms with E-state index < -0.39 is 11.7 Å². The standard InChI is InChI=1S/C19H22FN3O3/c1-23(17(13-26-2)16-9-5-6-11-21-16)18(24)10-12-22-19(25)14-7-3-4-8-15(14)20/h3-9,11,17H,10,12-13H2,1-2H3,(H,22,25)/t17-/m0/s1. The largest absolute Gasteiger partial charge is 0.382 e. The Kier molecular flexibility index (Phi) is 7.23. The quantitative estimate of drug-likeness (QED) is 0.784. The van der Waals surface area contributed by atoms with Gasteiger partial charge in [-0.2, -0.15) is 0 Å². The topological polar surface area (TPSA) is 71.5 Å². The highest BCUT2D eigenvalue weighted by molar-refractivity contribution is 5.94. The first-order valence-electron chi connectivity index (χ1n) is 8.23. The molecule has 0 aliphatic heterocycles. The van der Waals surface area contributed by atoms with E-state index in [1.54, 1.807) is 37.4 Å². The van der Waals surface area contributed by atoms with Crippen molar-refractivity contribution in [3.05, 3.63) is 65.7 Å². The zero-order valence-electron chi connectivity index (χ0n) is 14.8. The lowest BCUT2D eigenvalue weighted by atomic mass is 10.1. The van der Waals surface area contributed by atoms with E-state index in [4.69, 9.17) is 4.74 Å². The van der Waals surface area contributed by atoms with E-state index in [0.29, 0.717) is 6.61 Å². The highest BCUT2D eigenvalue weighted by Gasteiger charge is 2.22. The van der Waals surface area contributed by atoms with Gasteiger partial charge >= 0.3 is 0 Å². The number of ether oxygens (including phenoxy) is 1. The molecule has 1 N–H and O–H groups in total. The van der Waals surface area contributed by atoms with E-state index >= 15 is 0 Å². The van der Waals surface area contributed by atoms with Crippen LogP contribution < -0.4 is 5.32 Å². The minimum Gasteiger partial charge on any atom is -0.382 e. The van der Waals surface area contributed by atoms with Crippen LogP contribution in [0.2, 0.25) is 0 Å². The van der Waals surface area contributed by atoms with Gasteiger partial charge in [-0.25, -0.2) is 4.39 Å². The first kappa shape index (κ1) is 19.5. The zero-order chi connectivity index (χ0) is 18.9. The van der Waals surface area contributed by atoms with E-state index in [9.17, 15) is 14.0 Å². The van der Waals surface area contributed by atoms with Crippen molar-refractivity contribution in [3.63, 3.8) is 0 Å². The maximum atomic E-state index is 13.6. The molecule has 0 saturated heterocycles. The predicted octanol–water partition coefficient (Wildman–Crippen LogP) is 2.19. The molecule has 0 aliphatic carbocycles. The van der Waals surface area contributed by atoms with Crippen molar-refractivity contribution >= 4 is 11.8 Å². The van der Waals surface area contributed by atoms with Gasteiger partial charge in [0.15, 0.2) is 0 Å². The van der Waals surface area contributed by atoms with Crippen molar-refractivity contribution in [3.8, 4) is 0 Å². The average molecular weight is 359 g/mol. The maximum absolute atomic E-state index is 13.6. The Hall–Kier alpha value is -2.80. The lowest BCUT2D eigenvalue weighted by Gasteiger charge is -2.27. The minimum atomic E-state index is -0.594. The first-order chi connectivity index (χ1) is 12.5. The number of likely N-dealkylation sites (N-methyl/N-ethyl adjacent to an activating group) is 1. The van der Waals surface area contributed by atoms with Crippen LogP contribution in [0.1, 0.15) is 28.5 Å². The molecule has 6 nitrogen and oxygen atoms in total. The fraction of sp³-hybridized carbons (Fsp3) is 0.316. The number of carbonyl (C=O) groups is 2. The van der Waals surface area contributed by atoms with Crippen LogP contribution in [-0.2, 0) is 9.53 Å². The predicted molar refractivity (Wildman–Crippen MR) is 95.0 cm³/mol. The summed E-state index contributed by atoms with van der Waals surface area (Å²) in [5.74, 6) is -1.31. The number of nitrogens with zero attached hydrogens (tertiary/aromatic N) is 2. The molecule has 1 heterocycles. The monoisotopic (exact) mass is 359 g/mol. The maximum Gasteiger partial charge on any atom is 0.254 e. The van der Waals surface area contributed by atoms with Gasteiger partial charge in [0, 0.05) is 33.3 Å². The van der Waals surface area contributed by atoms with Gasteiger partial charge < -0.3 is 15.0 Å². The molecule has 1 atom stereocenters. The second-order valence-electron chi connectivity index (χ2n) is 5.72. The average Bonchev–Trinajstić information content (AvgIpc) is 2.66. The summed E-state index contributed by atoms with van der Waals surface area (Å²) in [5.41, 5.74) is 0.680. The fourth-order valence-electron chi connectivity index (χ4n) is 2.50. The van der Waals surface area contributed by atoms with Crippen LogP contribution in [0.4, 0.5) is 4.39 Å². The third-order valence-corrected chi connectivity index (χ3v) is 3.96. The molecule has 1 aromatic carbocycles. The molecule has 0 fully saturated rings. The van der Waals surface area contributed by atoms with E-state index in [-0.39, 0.29) is 30.5 Å². The number of nitrogens with one attached hydrogen (secondary N) is 1. The van der Waals surface area contributed by atoms with E-state index in [1.165, 1.54) is 18.2 Å². The molecule has 2 amide bonds. The van der Waals surface area contributed by atoms with E-state index in [2.05, 4.69) is 10.3 Å². The summed E-state index contributed by atoms with van der Waals surface area (Å²) in [4.78, 5) is 30.2. The Morgan fingerprint density at radius 3 is 2.62 bits per heavy atom. The van der Waals surface area contributed by atoms with Crippen LogP contribution in [0.25, 0.3) is 0 Å². The van der Waals surface area contributed by atoms with Crippen LogP contribution >= 0.6 is 0 Å². The number of amides is 2. The van der Waals surface area contributed by atoms with Gasteiger partial charge in [0.25, 0.3) is 5.91 Å². The molecular weight excluding hydrogens is 337 g/mol. The highest BCUT2D eigenvalue weighted by atomic mass is 19.1. The third-order valence-electron chi connectivity index (χ3n) is 3.96. The molecule has 0 radical (unpaired) electrons. The highest BCUT2D eigenvalue weighted by Crippen LogP contribution is 2.18. The lowest BCUT2D eigenvalue weighted by Crippen LogP contribution is -2.36. The summed E-state index contributed by atoms with van der Waals surface area (Å²) in [6.07, 6.45) is 1.74.